The number of ketones is 1. The van der Waals surface area contributed by atoms with Crippen LogP contribution in [0, 0.1) is 11.3 Å². The van der Waals surface area contributed by atoms with Crippen molar-refractivity contribution < 1.29 is 9.21 Å². The molecule has 3 heterocycles. The third-order valence-corrected chi connectivity index (χ3v) is 4.70. The van der Waals surface area contributed by atoms with E-state index in [1.807, 2.05) is 30.5 Å². The van der Waals surface area contributed by atoms with E-state index in [1.54, 1.807) is 34.6 Å². The topological polar surface area (TPSA) is 89.6 Å². The zero-order valence-corrected chi connectivity index (χ0v) is 15.9. The fourth-order valence-electron chi connectivity index (χ4n) is 2.98. The standard InChI is InChI=1S/C19H14BrN5O2/c1-24-16-5-3-2-4-15(16)23-19(24)14(8-21)18(26)17-7-6-13(27-17)11-25-10-12(20)9-22-25/h2-7,9-10,14H,11H2,1H3. The maximum absolute atomic E-state index is 12.9. The van der Waals surface area contributed by atoms with E-state index in [2.05, 4.69) is 32.1 Å². The maximum atomic E-state index is 12.9. The van der Waals surface area contributed by atoms with Crippen molar-refractivity contribution in [3.63, 3.8) is 0 Å². The lowest BCUT2D eigenvalue weighted by molar-refractivity contribution is 0.0946. The van der Waals surface area contributed by atoms with Crippen molar-refractivity contribution >= 4 is 32.7 Å². The molecular formula is C19H14BrN5O2. The number of halogens is 1. The molecule has 0 aliphatic carbocycles. The Hall–Kier alpha value is -3.18. The van der Waals surface area contributed by atoms with Crippen LogP contribution in [0.1, 0.15) is 28.1 Å². The van der Waals surface area contributed by atoms with Gasteiger partial charge in [0.1, 0.15) is 11.6 Å². The molecule has 1 unspecified atom stereocenters. The van der Waals surface area contributed by atoms with Crippen LogP contribution in [0.4, 0.5) is 0 Å². The zero-order chi connectivity index (χ0) is 19.0. The summed E-state index contributed by atoms with van der Waals surface area (Å²) in [6, 6.07) is 12.9. The SMILES string of the molecule is Cn1c(C(C#N)C(=O)c2ccc(Cn3cc(Br)cn3)o2)nc2ccccc21. The number of aryl methyl sites for hydroxylation is 1. The third-order valence-electron chi connectivity index (χ3n) is 4.30. The summed E-state index contributed by atoms with van der Waals surface area (Å²) in [7, 11) is 1.80. The molecule has 0 bridgehead atoms. The van der Waals surface area contributed by atoms with Gasteiger partial charge in [0, 0.05) is 13.2 Å². The fraction of sp³-hybridized carbons (Fsp3) is 0.158. The van der Waals surface area contributed by atoms with Crippen LogP contribution >= 0.6 is 15.9 Å². The molecule has 8 heteroatoms. The summed E-state index contributed by atoms with van der Waals surface area (Å²) in [5.74, 6) is -0.341. The molecule has 0 fully saturated rings. The van der Waals surface area contributed by atoms with Gasteiger partial charge in [-0.1, -0.05) is 12.1 Å². The maximum Gasteiger partial charge on any atom is 0.222 e. The largest absolute Gasteiger partial charge is 0.456 e. The molecule has 3 aromatic heterocycles. The monoisotopic (exact) mass is 423 g/mol. The first kappa shape index (κ1) is 17.2. The number of aromatic nitrogens is 4. The summed E-state index contributed by atoms with van der Waals surface area (Å²) < 4.78 is 9.98. The summed E-state index contributed by atoms with van der Waals surface area (Å²) in [4.78, 5) is 17.3. The van der Waals surface area contributed by atoms with Crippen molar-refractivity contribution in [2.24, 2.45) is 7.05 Å². The average molecular weight is 424 g/mol. The van der Waals surface area contributed by atoms with Crippen LogP contribution in [0.5, 0.6) is 0 Å². The van der Waals surface area contributed by atoms with Crippen LogP contribution in [-0.2, 0) is 13.6 Å². The summed E-state index contributed by atoms with van der Waals surface area (Å²) >= 11 is 3.34. The summed E-state index contributed by atoms with van der Waals surface area (Å²) in [6.45, 7) is 0.391. The molecule has 0 amide bonds. The lowest BCUT2D eigenvalue weighted by Crippen LogP contribution is -2.15. The van der Waals surface area contributed by atoms with E-state index in [-0.39, 0.29) is 5.76 Å². The van der Waals surface area contributed by atoms with E-state index in [4.69, 9.17) is 4.42 Å². The molecule has 134 valence electrons. The zero-order valence-electron chi connectivity index (χ0n) is 14.3. The number of para-hydroxylation sites is 2. The Balaban J connectivity index is 1.62. The van der Waals surface area contributed by atoms with Gasteiger partial charge in [-0.25, -0.2) is 4.98 Å². The number of hydrogen-bond donors (Lipinski definition) is 0. The Morgan fingerprint density at radius 2 is 2.15 bits per heavy atom. The van der Waals surface area contributed by atoms with Crippen LogP contribution in [0.2, 0.25) is 0 Å². The molecule has 0 N–H and O–H groups in total. The lowest BCUT2D eigenvalue weighted by atomic mass is 10.0. The van der Waals surface area contributed by atoms with Gasteiger partial charge in [0.05, 0.1) is 34.3 Å². The van der Waals surface area contributed by atoms with Gasteiger partial charge in [0.25, 0.3) is 0 Å². The molecule has 0 saturated heterocycles. The number of hydrogen-bond acceptors (Lipinski definition) is 5. The predicted molar refractivity (Wildman–Crippen MR) is 101 cm³/mol. The van der Waals surface area contributed by atoms with Crippen LogP contribution < -0.4 is 0 Å². The second-order valence-corrected chi connectivity index (χ2v) is 6.98. The van der Waals surface area contributed by atoms with Crippen molar-refractivity contribution in [2.45, 2.75) is 12.5 Å². The van der Waals surface area contributed by atoms with Crippen molar-refractivity contribution in [3.8, 4) is 6.07 Å². The number of imidazole rings is 1. The van der Waals surface area contributed by atoms with E-state index in [1.165, 1.54) is 0 Å². The molecule has 4 aromatic rings. The Bertz CT molecular complexity index is 1180. The number of Topliss-reactive ketones (excluding diaryl/α,β-unsaturated/α-hetero) is 1. The lowest BCUT2D eigenvalue weighted by Gasteiger charge is -2.07. The number of carbonyl (C=O) groups is 1. The van der Waals surface area contributed by atoms with Crippen molar-refractivity contribution in [3.05, 3.63) is 70.6 Å². The Morgan fingerprint density at radius 1 is 1.33 bits per heavy atom. The molecule has 1 atom stereocenters. The minimum Gasteiger partial charge on any atom is -0.456 e. The van der Waals surface area contributed by atoms with Gasteiger partial charge in [-0.15, -0.1) is 0 Å². The minimum absolute atomic E-state index is 0.134. The first-order valence-corrected chi connectivity index (χ1v) is 8.98. The molecule has 0 saturated carbocycles. The van der Waals surface area contributed by atoms with E-state index in [0.717, 1.165) is 15.5 Å². The molecular weight excluding hydrogens is 410 g/mol. The van der Waals surface area contributed by atoms with Gasteiger partial charge in [0.15, 0.2) is 11.7 Å². The van der Waals surface area contributed by atoms with Crippen LogP contribution in [-0.4, -0.2) is 25.1 Å². The highest BCUT2D eigenvalue weighted by molar-refractivity contribution is 9.10. The first-order valence-electron chi connectivity index (χ1n) is 8.18. The van der Waals surface area contributed by atoms with Crippen molar-refractivity contribution in [1.29, 1.82) is 5.26 Å². The quantitative estimate of drug-likeness (QED) is 0.456. The number of carbonyl (C=O) groups excluding carboxylic acids is 1. The van der Waals surface area contributed by atoms with E-state index in [0.29, 0.717) is 18.1 Å². The molecule has 0 aliphatic heterocycles. The molecule has 0 aliphatic rings. The van der Waals surface area contributed by atoms with Gasteiger partial charge in [-0.2, -0.15) is 10.4 Å². The van der Waals surface area contributed by atoms with Gasteiger partial charge in [-0.3, -0.25) is 9.48 Å². The first-order chi connectivity index (χ1) is 13.1. The van der Waals surface area contributed by atoms with Crippen LogP contribution in [0.15, 0.2) is 57.7 Å². The number of rotatable bonds is 5. The van der Waals surface area contributed by atoms with E-state index in [9.17, 15) is 10.1 Å². The molecule has 27 heavy (non-hydrogen) atoms. The summed E-state index contributed by atoms with van der Waals surface area (Å²) in [6.07, 6.45) is 3.48. The third kappa shape index (κ3) is 3.17. The number of furan rings is 1. The van der Waals surface area contributed by atoms with Gasteiger partial charge in [-0.05, 0) is 40.2 Å². The molecule has 0 spiro atoms. The molecule has 7 nitrogen and oxygen atoms in total. The van der Waals surface area contributed by atoms with E-state index < -0.39 is 11.7 Å². The fourth-order valence-corrected chi connectivity index (χ4v) is 3.31. The van der Waals surface area contributed by atoms with Crippen molar-refractivity contribution in [2.75, 3.05) is 0 Å². The highest BCUT2D eigenvalue weighted by atomic mass is 79.9. The van der Waals surface area contributed by atoms with Gasteiger partial charge < -0.3 is 8.98 Å². The number of nitriles is 1. The van der Waals surface area contributed by atoms with E-state index >= 15 is 0 Å². The van der Waals surface area contributed by atoms with Crippen LogP contribution in [0.3, 0.4) is 0 Å². The van der Waals surface area contributed by atoms with Gasteiger partial charge in [0.2, 0.25) is 5.78 Å². The normalized spacial score (nSPS) is 12.2. The minimum atomic E-state index is -1.04. The average Bonchev–Trinajstić information content (AvgIpc) is 3.37. The van der Waals surface area contributed by atoms with Gasteiger partial charge >= 0.3 is 0 Å². The molecule has 1 aromatic carbocycles. The molecule has 4 rings (SSSR count). The highest BCUT2D eigenvalue weighted by Gasteiger charge is 2.29. The predicted octanol–water partition coefficient (Wildman–Crippen LogP) is 3.66. The number of nitrogens with zero attached hydrogens (tertiary/aromatic N) is 5. The van der Waals surface area contributed by atoms with Crippen molar-refractivity contribution in [1.82, 2.24) is 19.3 Å². The highest BCUT2D eigenvalue weighted by Crippen LogP contribution is 2.25. The second kappa shape index (κ2) is 6.85. The smallest absolute Gasteiger partial charge is 0.222 e. The number of fused-ring (bicyclic) bond motifs is 1. The summed E-state index contributed by atoms with van der Waals surface area (Å²) in [5.41, 5.74) is 1.61. The molecule has 0 radical (unpaired) electrons. The Labute approximate surface area is 163 Å². The summed E-state index contributed by atoms with van der Waals surface area (Å²) in [5, 5.41) is 13.8. The Morgan fingerprint density at radius 3 is 2.85 bits per heavy atom. The second-order valence-electron chi connectivity index (χ2n) is 6.07. The number of benzene rings is 1. The van der Waals surface area contributed by atoms with Crippen LogP contribution in [0.25, 0.3) is 11.0 Å². The Kier molecular flexibility index (Phi) is 4.38.